The molecule has 3 aromatic carbocycles. The smallest absolute Gasteiger partial charge is 0.227 e. The molecule has 0 spiro atoms. The van der Waals surface area contributed by atoms with Crippen LogP contribution in [0, 0.1) is 25.7 Å². The number of nitrogen functional groups attached to an aromatic ring is 1. The minimum atomic E-state index is 0.580. The van der Waals surface area contributed by atoms with Gasteiger partial charge >= 0.3 is 0 Å². The normalized spacial score (nSPS) is 17.5. The lowest BCUT2D eigenvalue weighted by Gasteiger charge is -2.38. The monoisotopic (exact) mass is 704 g/mol. The van der Waals surface area contributed by atoms with Crippen molar-refractivity contribution in [3.8, 4) is 11.1 Å². The van der Waals surface area contributed by atoms with E-state index in [-0.39, 0.29) is 0 Å². The Bertz CT molecular complexity index is 2110. The minimum Gasteiger partial charge on any atom is -0.397 e. The third-order valence-corrected chi connectivity index (χ3v) is 11.9. The molecule has 0 unspecified atom stereocenters. The van der Waals surface area contributed by atoms with Crippen LogP contribution >= 0.6 is 0 Å². The standard InChI is InChI=1S/C45H52N8/c1-30-15-24-53(31(2)25-30)41-13-11-40(12-14-41)52-22-18-35(19-23-52)26-34-16-20-51(21-17-34)39-9-7-38(8-10-39)49-45-48-28-37-6-5-36(27-43(37)50-45)42-29-47-33(4)44(46)32(42)3/h5-14,27-29,34-35H,1-2,15-26,46H2,3-4H3,(H,48,49,50). The zero-order valence-electron chi connectivity index (χ0n) is 31.3. The van der Waals surface area contributed by atoms with Gasteiger partial charge in [-0.3, -0.25) is 4.98 Å². The number of piperidine rings is 3. The molecule has 272 valence electrons. The maximum Gasteiger partial charge on any atom is 0.227 e. The van der Waals surface area contributed by atoms with Crippen LogP contribution in [0.2, 0.25) is 0 Å². The third kappa shape index (κ3) is 7.59. The molecule has 0 radical (unpaired) electrons. The van der Waals surface area contributed by atoms with Gasteiger partial charge in [0.15, 0.2) is 0 Å². The summed E-state index contributed by atoms with van der Waals surface area (Å²) >= 11 is 0. The van der Waals surface area contributed by atoms with Gasteiger partial charge in [-0.2, -0.15) is 0 Å². The van der Waals surface area contributed by atoms with Crippen molar-refractivity contribution in [2.45, 2.75) is 58.8 Å². The Kier molecular flexibility index (Phi) is 9.78. The predicted molar refractivity (Wildman–Crippen MR) is 222 cm³/mol. The van der Waals surface area contributed by atoms with Crippen LogP contribution in [0.1, 0.15) is 56.2 Å². The Hall–Kier alpha value is -5.37. The van der Waals surface area contributed by atoms with Crippen LogP contribution in [0.5, 0.6) is 0 Å². The van der Waals surface area contributed by atoms with E-state index in [1.807, 2.05) is 26.2 Å². The summed E-state index contributed by atoms with van der Waals surface area (Å²) in [6.45, 7) is 18.0. The molecule has 3 N–H and O–H groups in total. The number of nitrogens with two attached hydrogens (primary N) is 1. The van der Waals surface area contributed by atoms with Gasteiger partial charge < -0.3 is 25.8 Å². The molecule has 3 aliphatic heterocycles. The number of hydrogen-bond donors (Lipinski definition) is 2. The first-order valence-electron chi connectivity index (χ1n) is 19.4. The summed E-state index contributed by atoms with van der Waals surface area (Å²) in [7, 11) is 0. The number of aryl methyl sites for hydroxylation is 1. The van der Waals surface area contributed by atoms with Gasteiger partial charge in [-0.1, -0.05) is 30.9 Å². The zero-order valence-corrected chi connectivity index (χ0v) is 31.3. The Balaban J connectivity index is 0.805. The van der Waals surface area contributed by atoms with Gasteiger partial charge in [0, 0.05) is 90.9 Å². The molecule has 3 aliphatic rings. The fraction of sp³-hybridized carbons (Fsp3) is 0.356. The van der Waals surface area contributed by atoms with Crippen LogP contribution in [0.25, 0.3) is 22.0 Å². The molecule has 2 aromatic heterocycles. The molecule has 0 amide bonds. The van der Waals surface area contributed by atoms with Gasteiger partial charge in [0.05, 0.1) is 16.9 Å². The van der Waals surface area contributed by atoms with Crippen molar-refractivity contribution < 1.29 is 0 Å². The van der Waals surface area contributed by atoms with E-state index in [4.69, 9.17) is 10.7 Å². The zero-order chi connectivity index (χ0) is 36.5. The fourth-order valence-corrected chi connectivity index (χ4v) is 8.55. The average Bonchev–Trinajstić information content (AvgIpc) is 3.18. The van der Waals surface area contributed by atoms with Gasteiger partial charge in [0.25, 0.3) is 0 Å². The highest BCUT2D eigenvalue weighted by Gasteiger charge is 2.26. The average molecular weight is 705 g/mol. The summed E-state index contributed by atoms with van der Waals surface area (Å²) in [6.07, 6.45) is 12.2. The summed E-state index contributed by atoms with van der Waals surface area (Å²) in [5.41, 5.74) is 19.2. The fourth-order valence-electron chi connectivity index (χ4n) is 8.55. The number of pyridine rings is 1. The molecule has 53 heavy (non-hydrogen) atoms. The van der Waals surface area contributed by atoms with E-state index in [2.05, 4.69) is 110 Å². The van der Waals surface area contributed by atoms with Crippen molar-refractivity contribution in [3.63, 3.8) is 0 Å². The van der Waals surface area contributed by atoms with E-state index in [9.17, 15) is 0 Å². The summed E-state index contributed by atoms with van der Waals surface area (Å²) in [6, 6.07) is 24.1. The second-order valence-electron chi connectivity index (χ2n) is 15.4. The first-order chi connectivity index (χ1) is 25.8. The van der Waals surface area contributed by atoms with E-state index in [0.717, 1.165) is 108 Å². The van der Waals surface area contributed by atoms with E-state index in [1.165, 1.54) is 54.7 Å². The van der Waals surface area contributed by atoms with Crippen molar-refractivity contribution in [1.29, 1.82) is 0 Å². The molecule has 5 heterocycles. The Morgan fingerprint density at radius 3 is 2.02 bits per heavy atom. The molecule has 0 aliphatic carbocycles. The van der Waals surface area contributed by atoms with Crippen molar-refractivity contribution in [2.24, 2.45) is 11.8 Å². The quantitative estimate of drug-likeness (QED) is 0.155. The minimum absolute atomic E-state index is 0.580. The third-order valence-electron chi connectivity index (χ3n) is 11.9. The van der Waals surface area contributed by atoms with E-state index >= 15 is 0 Å². The summed E-state index contributed by atoms with van der Waals surface area (Å²) in [5.74, 6) is 2.24. The predicted octanol–water partition coefficient (Wildman–Crippen LogP) is 9.83. The molecule has 8 rings (SSSR count). The highest BCUT2D eigenvalue weighted by Crippen LogP contribution is 2.35. The van der Waals surface area contributed by atoms with Crippen LogP contribution in [0.3, 0.4) is 0 Å². The number of hydrogen-bond acceptors (Lipinski definition) is 8. The lowest BCUT2D eigenvalue weighted by atomic mass is 9.82. The second-order valence-corrected chi connectivity index (χ2v) is 15.4. The number of anilines is 6. The van der Waals surface area contributed by atoms with E-state index < -0.39 is 0 Å². The number of nitrogens with one attached hydrogen (secondary N) is 1. The molecular weight excluding hydrogens is 653 g/mol. The number of benzene rings is 3. The highest BCUT2D eigenvalue weighted by atomic mass is 15.2. The maximum atomic E-state index is 6.28. The topological polar surface area (TPSA) is 86.4 Å². The summed E-state index contributed by atoms with van der Waals surface area (Å²) in [4.78, 5) is 21.4. The van der Waals surface area contributed by atoms with Gasteiger partial charge in [-0.15, -0.1) is 0 Å². The molecule has 8 heteroatoms. The van der Waals surface area contributed by atoms with Gasteiger partial charge in [-0.05, 0) is 130 Å². The molecule has 3 saturated heterocycles. The molecular formula is C45H52N8. The number of aromatic nitrogens is 3. The summed E-state index contributed by atoms with van der Waals surface area (Å²) < 4.78 is 0. The van der Waals surface area contributed by atoms with Gasteiger partial charge in [0.2, 0.25) is 5.95 Å². The number of nitrogens with zero attached hydrogens (tertiary/aromatic N) is 6. The van der Waals surface area contributed by atoms with Crippen molar-refractivity contribution >= 4 is 45.3 Å². The van der Waals surface area contributed by atoms with Crippen LogP contribution in [0.15, 0.2) is 104 Å². The SMILES string of the molecule is C=C1CCN(c2ccc(N3CCC(CC4CCN(c5ccc(Nc6ncc7ccc(-c8cnc(C)c(N)c8C)cc7n6)cc5)CC4)CC3)cc2)C(=C)C1. The maximum absolute atomic E-state index is 6.28. The van der Waals surface area contributed by atoms with Crippen molar-refractivity contribution in [3.05, 3.63) is 115 Å². The largest absolute Gasteiger partial charge is 0.397 e. The first-order valence-corrected chi connectivity index (χ1v) is 19.4. The number of allylic oxidation sites excluding steroid dienone is 1. The van der Waals surface area contributed by atoms with E-state index in [0.29, 0.717) is 5.95 Å². The van der Waals surface area contributed by atoms with Gasteiger partial charge in [-0.25, -0.2) is 9.97 Å². The Morgan fingerprint density at radius 2 is 1.38 bits per heavy atom. The lowest BCUT2D eigenvalue weighted by Crippen LogP contribution is -2.37. The first kappa shape index (κ1) is 34.7. The number of fused-ring (bicyclic) bond motifs is 1. The van der Waals surface area contributed by atoms with E-state index in [1.54, 1.807) is 0 Å². The Morgan fingerprint density at radius 1 is 0.755 bits per heavy atom. The van der Waals surface area contributed by atoms with Gasteiger partial charge in [0.1, 0.15) is 0 Å². The van der Waals surface area contributed by atoms with Crippen LogP contribution in [-0.4, -0.2) is 47.7 Å². The molecule has 0 saturated carbocycles. The second kappa shape index (κ2) is 14.9. The van der Waals surface area contributed by atoms with Crippen molar-refractivity contribution in [1.82, 2.24) is 15.0 Å². The lowest BCUT2D eigenvalue weighted by molar-refractivity contribution is 0.279. The molecule has 0 atom stereocenters. The molecule has 0 bridgehead atoms. The van der Waals surface area contributed by atoms with Crippen molar-refractivity contribution in [2.75, 3.05) is 58.5 Å². The highest BCUT2D eigenvalue weighted by molar-refractivity contribution is 5.86. The summed E-state index contributed by atoms with van der Waals surface area (Å²) in [5, 5.41) is 4.40. The van der Waals surface area contributed by atoms with Crippen LogP contribution in [0.4, 0.5) is 34.4 Å². The Labute approximate surface area is 314 Å². The molecule has 8 nitrogen and oxygen atoms in total. The molecule has 5 aromatic rings. The van der Waals surface area contributed by atoms with Crippen LogP contribution in [-0.2, 0) is 0 Å². The molecule has 3 fully saturated rings. The number of rotatable bonds is 8. The van der Waals surface area contributed by atoms with Crippen LogP contribution < -0.4 is 25.8 Å².